The number of hydrogen-bond acceptors (Lipinski definition) is 3. The zero-order valence-electron chi connectivity index (χ0n) is 8.51. The van der Waals surface area contributed by atoms with Crippen LogP contribution in [0.3, 0.4) is 0 Å². The van der Waals surface area contributed by atoms with Crippen molar-refractivity contribution < 1.29 is 9.47 Å². The van der Waals surface area contributed by atoms with Gasteiger partial charge in [0.05, 0.1) is 19.8 Å². The Morgan fingerprint density at radius 2 is 2.23 bits per heavy atom. The molecule has 0 radical (unpaired) electrons. The summed E-state index contributed by atoms with van der Waals surface area (Å²) in [6, 6.07) is 0.495. The van der Waals surface area contributed by atoms with Gasteiger partial charge < -0.3 is 14.8 Å². The molecule has 0 aromatic rings. The quantitative estimate of drug-likeness (QED) is 0.690. The minimum Gasteiger partial charge on any atom is -0.375 e. The molecule has 0 saturated carbocycles. The monoisotopic (exact) mass is 185 g/mol. The van der Waals surface area contributed by atoms with E-state index in [-0.39, 0.29) is 5.60 Å². The molecular weight excluding hydrogens is 166 g/mol. The van der Waals surface area contributed by atoms with Crippen LogP contribution in [0.25, 0.3) is 0 Å². The molecule has 2 heterocycles. The van der Waals surface area contributed by atoms with Gasteiger partial charge in [-0.15, -0.1) is 0 Å². The van der Waals surface area contributed by atoms with Crippen LogP contribution in [0.15, 0.2) is 0 Å². The molecule has 2 fully saturated rings. The fourth-order valence-electron chi connectivity index (χ4n) is 2.13. The predicted octanol–water partition coefficient (Wildman–Crippen LogP) is 0.790. The van der Waals surface area contributed by atoms with Crippen LogP contribution in [0.4, 0.5) is 0 Å². The van der Waals surface area contributed by atoms with Gasteiger partial charge >= 0.3 is 0 Å². The zero-order valence-corrected chi connectivity index (χ0v) is 8.51. The summed E-state index contributed by atoms with van der Waals surface area (Å²) in [4.78, 5) is 0. The maximum Gasteiger partial charge on any atom is 0.130 e. The number of ether oxygens (including phenoxy) is 2. The second kappa shape index (κ2) is 3.56. The molecule has 2 aliphatic rings. The van der Waals surface area contributed by atoms with Crippen LogP contribution in [0, 0.1) is 5.92 Å². The Kier molecular flexibility index (Phi) is 2.58. The van der Waals surface area contributed by atoms with Gasteiger partial charge in [0.2, 0.25) is 0 Å². The summed E-state index contributed by atoms with van der Waals surface area (Å²) in [5.74, 6) is 0.719. The molecule has 0 aromatic carbocycles. The Bertz CT molecular complexity index is 178. The van der Waals surface area contributed by atoms with Crippen molar-refractivity contribution in [1.82, 2.24) is 5.32 Å². The van der Waals surface area contributed by atoms with Gasteiger partial charge in [-0.05, 0) is 12.3 Å². The third-order valence-corrected chi connectivity index (χ3v) is 2.92. The summed E-state index contributed by atoms with van der Waals surface area (Å²) >= 11 is 0. The van der Waals surface area contributed by atoms with Gasteiger partial charge in [-0.3, -0.25) is 0 Å². The molecule has 1 atom stereocenters. The minimum absolute atomic E-state index is 0.0164. The smallest absolute Gasteiger partial charge is 0.130 e. The first-order valence-electron chi connectivity index (χ1n) is 5.18. The number of morpholine rings is 1. The second-order valence-electron chi connectivity index (χ2n) is 4.54. The molecule has 0 bridgehead atoms. The van der Waals surface area contributed by atoms with Gasteiger partial charge in [-0.1, -0.05) is 13.8 Å². The summed E-state index contributed by atoms with van der Waals surface area (Å²) in [5.41, 5.74) is 0.0164. The van der Waals surface area contributed by atoms with E-state index in [1.165, 1.54) is 6.42 Å². The normalized spacial score (nSPS) is 32.1. The van der Waals surface area contributed by atoms with Crippen molar-refractivity contribution in [2.24, 2.45) is 5.92 Å². The van der Waals surface area contributed by atoms with Crippen molar-refractivity contribution >= 4 is 0 Å². The third-order valence-electron chi connectivity index (χ3n) is 2.92. The molecule has 1 N–H and O–H groups in total. The topological polar surface area (TPSA) is 30.5 Å². The first-order valence-corrected chi connectivity index (χ1v) is 5.18. The lowest BCUT2D eigenvalue weighted by Gasteiger charge is -2.50. The molecular formula is C10H19NO2. The van der Waals surface area contributed by atoms with E-state index in [4.69, 9.17) is 9.47 Å². The van der Waals surface area contributed by atoms with E-state index in [1.807, 2.05) is 0 Å². The lowest BCUT2D eigenvalue weighted by atomic mass is 9.85. The van der Waals surface area contributed by atoms with E-state index in [2.05, 4.69) is 19.2 Å². The summed E-state index contributed by atoms with van der Waals surface area (Å²) in [6.07, 6.45) is 1.18. The average Bonchev–Trinajstić information content (AvgIpc) is 2.01. The van der Waals surface area contributed by atoms with Crippen LogP contribution in [-0.2, 0) is 9.47 Å². The Hall–Kier alpha value is -0.120. The van der Waals surface area contributed by atoms with Crippen molar-refractivity contribution in [2.45, 2.75) is 31.9 Å². The molecule has 76 valence electrons. The average molecular weight is 185 g/mol. The second-order valence-corrected chi connectivity index (χ2v) is 4.54. The Balaban J connectivity index is 1.97. The van der Waals surface area contributed by atoms with Crippen LogP contribution in [0.5, 0.6) is 0 Å². The lowest BCUT2D eigenvalue weighted by molar-refractivity contribution is -0.239. The Morgan fingerprint density at radius 1 is 1.46 bits per heavy atom. The van der Waals surface area contributed by atoms with Gasteiger partial charge in [0.25, 0.3) is 0 Å². The van der Waals surface area contributed by atoms with E-state index >= 15 is 0 Å². The fourth-order valence-corrected chi connectivity index (χ4v) is 2.13. The molecule has 0 amide bonds. The van der Waals surface area contributed by atoms with E-state index in [0.29, 0.717) is 6.04 Å². The highest BCUT2D eigenvalue weighted by atomic mass is 16.6. The molecule has 3 heteroatoms. The van der Waals surface area contributed by atoms with E-state index in [0.717, 1.165) is 32.3 Å². The van der Waals surface area contributed by atoms with Crippen LogP contribution in [0.1, 0.15) is 20.3 Å². The van der Waals surface area contributed by atoms with Crippen LogP contribution < -0.4 is 5.32 Å². The summed E-state index contributed by atoms with van der Waals surface area (Å²) in [6.45, 7) is 7.87. The van der Waals surface area contributed by atoms with Gasteiger partial charge in [0.15, 0.2) is 0 Å². The highest BCUT2D eigenvalue weighted by Gasteiger charge is 2.48. The molecule has 0 aliphatic carbocycles. The molecule has 2 rings (SSSR count). The molecule has 1 unspecified atom stereocenters. The Morgan fingerprint density at radius 3 is 2.77 bits per heavy atom. The van der Waals surface area contributed by atoms with Gasteiger partial charge in [0.1, 0.15) is 5.60 Å². The molecule has 2 saturated heterocycles. The highest BCUT2D eigenvalue weighted by Crippen LogP contribution is 2.31. The lowest BCUT2D eigenvalue weighted by Crippen LogP contribution is -2.68. The molecule has 2 aliphatic heterocycles. The van der Waals surface area contributed by atoms with Crippen LogP contribution in [0.2, 0.25) is 0 Å². The maximum absolute atomic E-state index is 5.83. The van der Waals surface area contributed by atoms with Crippen molar-refractivity contribution in [3.8, 4) is 0 Å². The highest BCUT2D eigenvalue weighted by molar-refractivity contribution is 5.01. The number of rotatable bonds is 2. The summed E-state index contributed by atoms with van der Waals surface area (Å²) < 4.78 is 11.1. The fraction of sp³-hybridized carbons (Fsp3) is 1.00. The van der Waals surface area contributed by atoms with Crippen molar-refractivity contribution in [3.05, 3.63) is 0 Å². The molecule has 0 aromatic heterocycles. The molecule has 3 nitrogen and oxygen atoms in total. The summed E-state index contributed by atoms with van der Waals surface area (Å²) in [7, 11) is 0. The number of hydrogen-bond donors (Lipinski definition) is 1. The first-order chi connectivity index (χ1) is 6.23. The maximum atomic E-state index is 5.83. The van der Waals surface area contributed by atoms with Crippen molar-refractivity contribution in [1.29, 1.82) is 0 Å². The first kappa shape index (κ1) is 9.44. The van der Waals surface area contributed by atoms with Gasteiger partial charge in [0, 0.05) is 12.6 Å². The van der Waals surface area contributed by atoms with Crippen molar-refractivity contribution in [3.63, 3.8) is 0 Å². The van der Waals surface area contributed by atoms with Gasteiger partial charge in [-0.2, -0.15) is 0 Å². The van der Waals surface area contributed by atoms with Crippen molar-refractivity contribution in [2.75, 3.05) is 26.4 Å². The zero-order chi connectivity index (χ0) is 9.31. The van der Waals surface area contributed by atoms with Gasteiger partial charge in [-0.25, -0.2) is 0 Å². The Labute approximate surface area is 79.8 Å². The third kappa shape index (κ3) is 1.73. The predicted molar refractivity (Wildman–Crippen MR) is 50.7 cm³/mol. The van der Waals surface area contributed by atoms with Crippen LogP contribution in [-0.4, -0.2) is 38.0 Å². The van der Waals surface area contributed by atoms with Crippen LogP contribution >= 0.6 is 0 Å². The van der Waals surface area contributed by atoms with E-state index in [9.17, 15) is 0 Å². The van der Waals surface area contributed by atoms with E-state index < -0.39 is 0 Å². The summed E-state index contributed by atoms with van der Waals surface area (Å²) in [5, 5.41) is 3.54. The largest absolute Gasteiger partial charge is 0.375 e. The SMILES string of the molecule is CC(C)CC1NCCOC12COC2. The minimum atomic E-state index is 0.0164. The number of nitrogens with one attached hydrogen (secondary N) is 1. The van der Waals surface area contributed by atoms with E-state index in [1.54, 1.807) is 0 Å². The molecule has 13 heavy (non-hydrogen) atoms. The molecule has 1 spiro atoms. The standard InChI is InChI=1S/C10H19NO2/c1-8(2)5-9-10(6-12-7-10)13-4-3-11-9/h8-9,11H,3-7H2,1-2H3.